The van der Waals surface area contributed by atoms with Crippen molar-refractivity contribution in [2.75, 3.05) is 5.32 Å². The van der Waals surface area contributed by atoms with Crippen molar-refractivity contribution in [3.8, 4) is 17.0 Å². The van der Waals surface area contributed by atoms with E-state index in [0.29, 0.717) is 6.61 Å². The molecule has 1 N–H and O–H groups in total. The number of ether oxygens (including phenoxy) is 1. The number of imidazole rings is 1. The van der Waals surface area contributed by atoms with Gasteiger partial charge in [0.05, 0.1) is 0 Å². The standard InChI is InChI=1S/C28H33N3O/c1-27(2,3)22-16-14-21(15-17-22)24-26(30-28(4,5)6)31-18-10-13-23(25(31)29-24)32-19-20-11-8-7-9-12-20/h7-18,30H,19H2,1-6H3. The Morgan fingerprint density at radius 1 is 0.844 bits per heavy atom. The molecule has 0 fully saturated rings. The number of hydrogen-bond donors (Lipinski definition) is 1. The summed E-state index contributed by atoms with van der Waals surface area (Å²) in [5, 5.41) is 3.66. The van der Waals surface area contributed by atoms with E-state index in [9.17, 15) is 0 Å². The van der Waals surface area contributed by atoms with Crippen LogP contribution < -0.4 is 10.1 Å². The molecular formula is C28H33N3O. The minimum atomic E-state index is -0.114. The van der Waals surface area contributed by atoms with Crippen LogP contribution in [0.5, 0.6) is 5.75 Å². The number of hydrogen-bond acceptors (Lipinski definition) is 3. The lowest BCUT2D eigenvalue weighted by Crippen LogP contribution is -2.27. The fourth-order valence-corrected chi connectivity index (χ4v) is 3.69. The number of anilines is 1. The van der Waals surface area contributed by atoms with Gasteiger partial charge in [0.25, 0.3) is 0 Å². The van der Waals surface area contributed by atoms with E-state index in [1.807, 2.05) is 36.5 Å². The third-order valence-corrected chi connectivity index (χ3v) is 5.37. The Hall–Kier alpha value is -3.27. The van der Waals surface area contributed by atoms with Gasteiger partial charge in [0.1, 0.15) is 18.1 Å². The first-order valence-corrected chi connectivity index (χ1v) is 11.2. The van der Waals surface area contributed by atoms with Crippen LogP contribution >= 0.6 is 0 Å². The van der Waals surface area contributed by atoms with Gasteiger partial charge in [0, 0.05) is 17.3 Å². The van der Waals surface area contributed by atoms with Gasteiger partial charge in [-0.15, -0.1) is 0 Å². The third-order valence-electron chi connectivity index (χ3n) is 5.37. The molecule has 0 saturated heterocycles. The van der Waals surface area contributed by atoms with Gasteiger partial charge in [-0.05, 0) is 49.4 Å². The van der Waals surface area contributed by atoms with Crippen LogP contribution in [0.2, 0.25) is 0 Å². The van der Waals surface area contributed by atoms with Gasteiger partial charge >= 0.3 is 0 Å². The van der Waals surface area contributed by atoms with Gasteiger partial charge in [-0.25, -0.2) is 4.98 Å². The molecule has 0 aliphatic rings. The van der Waals surface area contributed by atoms with E-state index in [-0.39, 0.29) is 11.0 Å². The van der Waals surface area contributed by atoms with Crippen LogP contribution in [0.4, 0.5) is 5.82 Å². The highest BCUT2D eigenvalue weighted by Crippen LogP contribution is 2.35. The maximum absolute atomic E-state index is 6.19. The predicted octanol–water partition coefficient (Wildman–Crippen LogP) is 7.09. The molecular weight excluding hydrogens is 394 g/mol. The lowest BCUT2D eigenvalue weighted by Gasteiger charge is -2.23. The fourth-order valence-electron chi connectivity index (χ4n) is 3.69. The molecule has 4 aromatic rings. The van der Waals surface area contributed by atoms with Crippen molar-refractivity contribution in [2.45, 2.75) is 59.1 Å². The highest BCUT2D eigenvalue weighted by Gasteiger charge is 2.22. The highest BCUT2D eigenvalue weighted by atomic mass is 16.5. The molecule has 4 rings (SSSR count). The normalized spacial score (nSPS) is 12.2. The molecule has 0 spiro atoms. The molecule has 0 atom stereocenters. The molecule has 0 amide bonds. The topological polar surface area (TPSA) is 38.6 Å². The zero-order chi connectivity index (χ0) is 22.9. The van der Waals surface area contributed by atoms with Gasteiger partial charge in [-0.1, -0.05) is 75.4 Å². The molecule has 4 heteroatoms. The van der Waals surface area contributed by atoms with E-state index in [1.165, 1.54) is 5.56 Å². The molecule has 0 unspecified atom stereocenters. The smallest absolute Gasteiger partial charge is 0.181 e. The maximum atomic E-state index is 6.19. The summed E-state index contributed by atoms with van der Waals surface area (Å²) in [6.45, 7) is 13.7. The van der Waals surface area contributed by atoms with Crippen LogP contribution in [0.25, 0.3) is 16.9 Å². The molecule has 0 aliphatic heterocycles. The summed E-state index contributed by atoms with van der Waals surface area (Å²) in [6.07, 6.45) is 2.04. The van der Waals surface area contributed by atoms with Gasteiger partial charge in [0.2, 0.25) is 0 Å². The maximum Gasteiger partial charge on any atom is 0.181 e. The quantitative estimate of drug-likeness (QED) is 0.369. The minimum Gasteiger partial charge on any atom is -0.485 e. The van der Waals surface area contributed by atoms with Crippen molar-refractivity contribution in [1.82, 2.24) is 9.38 Å². The van der Waals surface area contributed by atoms with E-state index < -0.39 is 0 Å². The van der Waals surface area contributed by atoms with E-state index in [0.717, 1.165) is 34.0 Å². The first-order valence-electron chi connectivity index (χ1n) is 11.2. The third kappa shape index (κ3) is 4.80. The van der Waals surface area contributed by atoms with E-state index in [4.69, 9.17) is 9.72 Å². The first-order chi connectivity index (χ1) is 15.1. The number of pyridine rings is 1. The van der Waals surface area contributed by atoms with Gasteiger partial charge in [-0.3, -0.25) is 4.40 Å². The SMILES string of the molecule is CC(C)(C)Nc1c(-c2ccc(C(C)(C)C)cc2)nc2c(OCc3ccccc3)cccn12. The first kappa shape index (κ1) is 21.9. The summed E-state index contributed by atoms with van der Waals surface area (Å²) in [5.41, 5.74) is 5.26. The summed E-state index contributed by atoms with van der Waals surface area (Å²) in [5.74, 6) is 1.74. The average Bonchev–Trinajstić information content (AvgIpc) is 3.10. The predicted molar refractivity (Wildman–Crippen MR) is 133 cm³/mol. The second-order valence-corrected chi connectivity index (χ2v) is 10.4. The molecule has 2 aromatic carbocycles. The van der Waals surface area contributed by atoms with Crippen LogP contribution in [-0.4, -0.2) is 14.9 Å². The summed E-state index contributed by atoms with van der Waals surface area (Å²) in [6, 6.07) is 22.9. The number of nitrogens with zero attached hydrogens (tertiary/aromatic N) is 2. The molecule has 4 nitrogen and oxygen atoms in total. The Labute approximate surface area is 191 Å². The Bertz CT molecular complexity index is 1190. The Kier molecular flexibility index (Phi) is 5.72. The lowest BCUT2D eigenvalue weighted by molar-refractivity contribution is 0.308. The van der Waals surface area contributed by atoms with E-state index in [2.05, 4.69) is 87.7 Å². The van der Waals surface area contributed by atoms with Crippen molar-refractivity contribution >= 4 is 11.5 Å². The number of fused-ring (bicyclic) bond motifs is 1. The number of benzene rings is 2. The minimum absolute atomic E-state index is 0.113. The molecule has 0 radical (unpaired) electrons. The van der Waals surface area contributed by atoms with Crippen LogP contribution in [-0.2, 0) is 12.0 Å². The summed E-state index contributed by atoms with van der Waals surface area (Å²) in [4.78, 5) is 5.05. The van der Waals surface area contributed by atoms with E-state index in [1.54, 1.807) is 0 Å². The van der Waals surface area contributed by atoms with Crippen LogP contribution in [0.1, 0.15) is 52.7 Å². The van der Waals surface area contributed by atoms with Crippen molar-refractivity contribution < 1.29 is 4.74 Å². The van der Waals surface area contributed by atoms with Crippen molar-refractivity contribution in [2.24, 2.45) is 0 Å². The molecule has 2 heterocycles. The Balaban J connectivity index is 1.78. The summed E-state index contributed by atoms with van der Waals surface area (Å²) < 4.78 is 8.29. The molecule has 32 heavy (non-hydrogen) atoms. The molecule has 0 saturated carbocycles. The molecule has 0 bridgehead atoms. The fraction of sp³-hybridized carbons (Fsp3) is 0.321. The largest absolute Gasteiger partial charge is 0.485 e. The zero-order valence-electron chi connectivity index (χ0n) is 19.9. The van der Waals surface area contributed by atoms with Gasteiger partial charge in [-0.2, -0.15) is 0 Å². The lowest BCUT2D eigenvalue weighted by atomic mass is 9.86. The summed E-state index contributed by atoms with van der Waals surface area (Å²) in [7, 11) is 0. The average molecular weight is 428 g/mol. The Morgan fingerprint density at radius 3 is 2.16 bits per heavy atom. The second kappa shape index (κ2) is 8.34. The number of nitrogens with one attached hydrogen (secondary N) is 1. The van der Waals surface area contributed by atoms with Crippen LogP contribution in [0.3, 0.4) is 0 Å². The van der Waals surface area contributed by atoms with E-state index >= 15 is 0 Å². The second-order valence-electron chi connectivity index (χ2n) is 10.4. The van der Waals surface area contributed by atoms with Crippen LogP contribution in [0, 0.1) is 0 Å². The monoisotopic (exact) mass is 427 g/mol. The van der Waals surface area contributed by atoms with Crippen molar-refractivity contribution in [3.63, 3.8) is 0 Å². The van der Waals surface area contributed by atoms with Gasteiger partial charge < -0.3 is 10.1 Å². The Morgan fingerprint density at radius 2 is 1.53 bits per heavy atom. The molecule has 2 aromatic heterocycles. The molecule has 166 valence electrons. The zero-order valence-corrected chi connectivity index (χ0v) is 19.9. The van der Waals surface area contributed by atoms with Crippen molar-refractivity contribution in [3.05, 3.63) is 84.1 Å². The summed E-state index contributed by atoms with van der Waals surface area (Å²) >= 11 is 0. The van der Waals surface area contributed by atoms with Crippen molar-refractivity contribution in [1.29, 1.82) is 0 Å². The van der Waals surface area contributed by atoms with Gasteiger partial charge in [0.15, 0.2) is 11.4 Å². The molecule has 0 aliphatic carbocycles. The number of aromatic nitrogens is 2. The van der Waals surface area contributed by atoms with Crippen LogP contribution in [0.15, 0.2) is 72.9 Å². The highest BCUT2D eigenvalue weighted by molar-refractivity contribution is 5.79. The number of rotatable bonds is 5.